The molecule has 2 N–H and O–H groups in total. The average Bonchev–Trinajstić information content (AvgIpc) is 3.47. The van der Waals surface area contributed by atoms with Gasteiger partial charge in [-0.25, -0.2) is 9.97 Å². The Morgan fingerprint density at radius 1 is 1.03 bits per heavy atom. The molecule has 1 amide bonds. The molecule has 5 rings (SSSR count). The second-order valence-electron chi connectivity index (χ2n) is 7.43. The summed E-state index contributed by atoms with van der Waals surface area (Å²) in [6, 6.07) is 15.2. The van der Waals surface area contributed by atoms with Crippen molar-refractivity contribution >= 4 is 122 Å². The monoisotopic (exact) mass is 678 g/mol. The molecule has 0 saturated heterocycles. The minimum absolute atomic E-state index is 0.0790. The van der Waals surface area contributed by atoms with Gasteiger partial charge in [-0.15, -0.1) is 22.7 Å². The van der Waals surface area contributed by atoms with Crippen LogP contribution in [-0.2, 0) is 4.79 Å². The number of fused-ring (bicyclic) bond motifs is 2. The second-order valence-corrected chi connectivity index (χ2v) is 13.5. The van der Waals surface area contributed by atoms with Crippen LogP contribution in [0.15, 0.2) is 71.1 Å². The maximum Gasteiger partial charge on any atom is 0.234 e. The zero-order valence-corrected chi connectivity index (χ0v) is 24.9. The van der Waals surface area contributed by atoms with Gasteiger partial charge in [0.2, 0.25) is 5.91 Å². The molecular formula is C24H16Br2N4O2S4. The topological polar surface area (TPSA) is 87.5 Å². The lowest BCUT2D eigenvalue weighted by molar-refractivity contribution is -0.113. The van der Waals surface area contributed by atoms with Crippen molar-refractivity contribution in [2.45, 2.75) is 8.68 Å². The van der Waals surface area contributed by atoms with E-state index in [-0.39, 0.29) is 17.4 Å². The molecule has 0 atom stereocenters. The Morgan fingerprint density at radius 3 is 2.44 bits per heavy atom. The van der Waals surface area contributed by atoms with Gasteiger partial charge in [-0.05, 0) is 92.2 Å². The zero-order chi connectivity index (χ0) is 25.2. The zero-order valence-electron chi connectivity index (χ0n) is 18.5. The first kappa shape index (κ1) is 25.7. The van der Waals surface area contributed by atoms with Crippen molar-refractivity contribution in [1.82, 2.24) is 9.97 Å². The highest BCUT2D eigenvalue weighted by Crippen LogP contribution is 2.34. The van der Waals surface area contributed by atoms with Crippen LogP contribution in [0.3, 0.4) is 0 Å². The number of aromatic hydroxyl groups is 1. The second kappa shape index (κ2) is 11.2. The Hall–Kier alpha value is -1.96. The molecular weight excluding hydrogens is 664 g/mol. The fourth-order valence-electron chi connectivity index (χ4n) is 3.24. The van der Waals surface area contributed by atoms with E-state index in [1.807, 2.05) is 42.7 Å². The fourth-order valence-corrected chi connectivity index (χ4v) is 7.89. The van der Waals surface area contributed by atoms with E-state index in [1.54, 1.807) is 41.4 Å². The average molecular weight is 680 g/mol. The van der Waals surface area contributed by atoms with Crippen LogP contribution in [0.4, 0.5) is 11.4 Å². The third-order valence-electron chi connectivity index (χ3n) is 4.91. The van der Waals surface area contributed by atoms with Gasteiger partial charge in [-0.3, -0.25) is 9.79 Å². The van der Waals surface area contributed by atoms with Crippen molar-refractivity contribution in [2.75, 3.05) is 17.3 Å². The third-order valence-corrected chi connectivity index (χ3v) is 10.3. The number of halogens is 2. The number of hydrogen-bond acceptors (Lipinski definition) is 9. The molecule has 0 aliphatic rings. The molecule has 2 aromatic heterocycles. The van der Waals surface area contributed by atoms with Crippen LogP contribution < -0.4 is 5.32 Å². The van der Waals surface area contributed by atoms with Gasteiger partial charge in [-0.2, -0.15) is 0 Å². The van der Waals surface area contributed by atoms with E-state index >= 15 is 0 Å². The maximum atomic E-state index is 12.5. The number of carbonyl (C=O) groups is 1. The van der Waals surface area contributed by atoms with Crippen LogP contribution in [0.5, 0.6) is 5.75 Å². The lowest BCUT2D eigenvalue weighted by Crippen LogP contribution is -2.13. The lowest BCUT2D eigenvalue weighted by Gasteiger charge is -2.03. The van der Waals surface area contributed by atoms with Gasteiger partial charge in [-0.1, -0.05) is 23.5 Å². The molecule has 3 aromatic carbocycles. The summed E-state index contributed by atoms with van der Waals surface area (Å²) in [6.45, 7) is 0. The standard InChI is InChI=1S/C24H16Br2N4O2S4/c1-33-23-29-17-5-3-14(9-20(17)35-23)28-21(31)11-34-24-30-18-4-2-13(8-19(18)36-24)27-10-12-6-15(25)22(32)16(26)7-12/h2-10,32H,11H2,1H3,(H,28,31). The summed E-state index contributed by atoms with van der Waals surface area (Å²) in [5.41, 5.74) is 4.22. The summed E-state index contributed by atoms with van der Waals surface area (Å²) >= 11 is 12.9. The molecule has 0 aliphatic heterocycles. The van der Waals surface area contributed by atoms with Gasteiger partial charge in [0, 0.05) is 11.9 Å². The van der Waals surface area contributed by atoms with Gasteiger partial charge in [0.25, 0.3) is 0 Å². The normalized spacial score (nSPS) is 11.6. The molecule has 0 fully saturated rings. The molecule has 12 heteroatoms. The predicted molar refractivity (Wildman–Crippen MR) is 161 cm³/mol. The molecule has 5 aromatic rings. The number of thiazole rings is 2. The van der Waals surface area contributed by atoms with Gasteiger partial charge in [0.1, 0.15) is 5.75 Å². The van der Waals surface area contributed by atoms with Crippen LogP contribution in [0.2, 0.25) is 0 Å². The Balaban J connectivity index is 1.22. The molecule has 6 nitrogen and oxygen atoms in total. The highest BCUT2D eigenvalue weighted by atomic mass is 79.9. The number of thioether (sulfide) groups is 2. The molecule has 0 bridgehead atoms. The summed E-state index contributed by atoms with van der Waals surface area (Å²) in [5, 5.41) is 12.8. The molecule has 0 spiro atoms. The predicted octanol–water partition coefficient (Wildman–Crippen LogP) is 8.34. The largest absolute Gasteiger partial charge is 0.506 e. The van der Waals surface area contributed by atoms with Gasteiger partial charge in [0.05, 0.1) is 40.8 Å². The van der Waals surface area contributed by atoms with Crippen molar-refractivity contribution in [3.63, 3.8) is 0 Å². The first-order chi connectivity index (χ1) is 17.4. The van der Waals surface area contributed by atoms with Gasteiger partial charge < -0.3 is 10.4 Å². The van der Waals surface area contributed by atoms with Crippen LogP contribution in [-0.4, -0.2) is 39.2 Å². The van der Waals surface area contributed by atoms with E-state index in [0.29, 0.717) is 8.95 Å². The van der Waals surface area contributed by atoms with Crippen LogP contribution in [0, 0.1) is 0 Å². The van der Waals surface area contributed by atoms with E-state index in [9.17, 15) is 9.90 Å². The first-order valence-corrected chi connectivity index (χ1v) is 15.8. The van der Waals surface area contributed by atoms with Crippen molar-refractivity contribution in [1.29, 1.82) is 0 Å². The van der Waals surface area contributed by atoms with Gasteiger partial charge >= 0.3 is 0 Å². The number of aliphatic imine (C=N–C) groups is 1. The maximum absolute atomic E-state index is 12.5. The van der Waals surface area contributed by atoms with Gasteiger partial charge in [0.15, 0.2) is 8.68 Å². The molecule has 2 heterocycles. The molecule has 36 heavy (non-hydrogen) atoms. The van der Waals surface area contributed by atoms with E-state index in [1.165, 1.54) is 23.1 Å². The molecule has 0 unspecified atom stereocenters. The summed E-state index contributed by atoms with van der Waals surface area (Å²) in [6.07, 6.45) is 3.74. The molecule has 182 valence electrons. The Morgan fingerprint density at radius 2 is 1.69 bits per heavy atom. The number of hydrogen-bond donors (Lipinski definition) is 2. The minimum atomic E-state index is -0.0790. The number of carbonyl (C=O) groups excluding carboxylic acids is 1. The number of nitrogens with one attached hydrogen (secondary N) is 1. The summed E-state index contributed by atoms with van der Waals surface area (Å²) in [5.74, 6) is 0.346. The number of phenols is 1. The lowest BCUT2D eigenvalue weighted by atomic mass is 10.2. The van der Waals surface area contributed by atoms with Crippen molar-refractivity contribution in [3.05, 3.63) is 63.0 Å². The highest BCUT2D eigenvalue weighted by Gasteiger charge is 2.11. The van der Waals surface area contributed by atoms with Crippen molar-refractivity contribution in [2.24, 2.45) is 4.99 Å². The summed E-state index contributed by atoms with van der Waals surface area (Å²) < 4.78 is 5.08. The quantitative estimate of drug-likeness (QED) is 0.133. The van der Waals surface area contributed by atoms with Crippen LogP contribution in [0.1, 0.15) is 5.56 Å². The SMILES string of the molecule is CSc1nc2ccc(NC(=O)CSc3nc4ccc(N=Cc5cc(Br)c(O)c(Br)c5)cc4s3)cc2s1. The smallest absolute Gasteiger partial charge is 0.234 e. The highest BCUT2D eigenvalue weighted by molar-refractivity contribution is 9.11. The Bertz CT molecular complexity index is 1610. The number of anilines is 1. The number of nitrogens with zero attached hydrogens (tertiary/aromatic N) is 3. The summed E-state index contributed by atoms with van der Waals surface area (Å²) in [4.78, 5) is 26.2. The van der Waals surface area contributed by atoms with Crippen LogP contribution >= 0.6 is 78.1 Å². The van der Waals surface area contributed by atoms with E-state index < -0.39 is 0 Å². The number of benzene rings is 3. The third kappa shape index (κ3) is 5.95. The summed E-state index contributed by atoms with van der Waals surface area (Å²) in [7, 11) is 0. The minimum Gasteiger partial charge on any atom is -0.506 e. The molecule has 0 aliphatic carbocycles. The fraction of sp³-hybridized carbons (Fsp3) is 0.0833. The number of rotatable bonds is 7. The first-order valence-electron chi connectivity index (χ1n) is 10.4. The van der Waals surface area contributed by atoms with E-state index in [4.69, 9.17) is 0 Å². The van der Waals surface area contributed by atoms with Crippen LogP contribution in [0.25, 0.3) is 20.4 Å². The number of phenolic OH excluding ortho intramolecular Hbond substituents is 1. The Labute approximate surface area is 239 Å². The van der Waals surface area contributed by atoms with E-state index in [2.05, 4.69) is 52.1 Å². The van der Waals surface area contributed by atoms with E-state index in [0.717, 1.165) is 46.1 Å². The Kier molecular flexibility index (Phi) is 7.99. The molecule has 0 radical (unpaired) electrons. The molecule has 0 saturated carbocycles. The van der Waals surface area contributed by atoms with Crippen molar-refractivity contribution < 1.29 is 9.90 Å². The van der Waals surface area contributed by atoms with Crippen molar-refractivity contribution in [3.8, 4) is 5.75 Å². The number of aromatic nitrogens is 2. The number of amides is 1.